The van der Waals surface area contributed by atoms with Crippen LogP contribution < -0.4 is 10.4 Å². The predicted octanol–water partition coefficient (Wildman–Crippen LogP) is 5.51. The van der Waals surface area contributed by atoms with Crippen LogP contribution in [0.3, 0.4) is 0 Å². The normalized spacial score (nSPS) is 18.5. The lowest BCUT2D eigenvalue weighted by molar-refractivity contribution is -0.173. The minimum atomic E-state index is -4.63. The van der Waals surface area contributed by atoms with E-state index in [1.54, 1.807) is 22.8 Å². The van der Waals surface area contributed by atoms with E-state index in [9.17, 15) is 22.8 Å². The SMILES string of the molecule is Cc1c2n(ccc1=O)N([C@H]1c3ccccc3CSc3cc(Cl)ccc31)CN([C@@H](C)C(F)(F)F)C2=O. The first-order chi connectivity index (χ1) is 16.6. The number of aromatic nitrogens is 1. The second-order valence-corrected chi connectivity index (χ2v) is 10.1. The number of carbonyl (C=O) groups excluding carboxylic acids is 1. The van der Waals surface area contributed by atoms with Gasteiger partial charge in [0, 0.05) is 33.5 Å². The molecule has 3 aromatic rings. The third-order valence-electron chi connectivity index (χ3n) is 6.60. The number of halogens is 4. The standard InChI is InChI=1S/C25H21ClF3N3O2S/c1-14-20(33)9-10-31-22(14)24(34)30(15(2)25(27,28)29)13-32(31)23-18-6-4-3-5-16(18)12-35-21-11-17(26)7-8-19(21)23/h3-11,15,23H,12-13H2,1-2H3/t15-,23-/m0/s1. The number of fused-ring (bicyclic) bond motifs is 3. The minimum Gasteiger partial charge on any atom is -0.306 e. The second-order valence-electron chi connectivity index (χ2n) is 8.64. The van der Waals surface area contributed by atoms with Crippen LogP contribution in [-0.2, 0) is 5.75 Å². The molecule has 2 aliphatic heterocycles. The molecule has 10 heteroatoms. The van der Waals surface area contributed by atoms with Gasteiger partial charge in [0.1, 0.15) is 18.4 Å². The number of hydrogen-bond donors (Lipinski definition) is 0. The molecule has 2 aromatic carbocycles. The van der Waals surface area contributed by atoms with E-state index in [-0.39, 0.29) is 17.9 Å². The van der Waals surface area contributed by atoms with Crippen LogP contribution in [0.1, 0.15) is 45.7 Å². The fourth-order valence-corrected chi connectivity index (χ4v) is 6.01. The molecule has 0 aliphatic carbocycles. The Morgan fingerprint density at radius 1 is 1.09 bits per heavy atom. The molecule has 0 saturated carbocycles. The van der Waals surface area contributed by atoms with E-state index >= 15 is 0 Å². The van der Waals surface area contributed by atoms with Gasteiger partial charge in [-0.15, -0.1) is 11.8 Å². The molecule has 0 spiro atoms. The van der Waals surface area contributed by atoms with Crippen LogP contribution in [0.5, 0.6) is 0 Å². The minimum absolute atomic E-state index is 0.0651. The lowest BCUT2D eigenvalue weighted by Gasteiger charge is -2.46. The van der Waals surface area contributed by atoms with Crippen molar-refractivity contribution < 1.29 is 18.0 Å². The molecule has 0 bridgehead atoms. The third-order valence-corrected chi connectivity index (χ3v) is 7.96. The summed E-state index contributed by atoms with van der Waals surface area (Å²) in [6.45, 7) is 2.11. The number of rotatable bonds is 2. The summed E-state index contributed by atoms with van der Waals surface area (Å²) >= 11 is 7.89. The molecule has 3 heterocycles. The number of thioether (sulfide) groups is 1. The van der Waals surface area contributed by atoms with Gasteiger partial charge in [-0.2, -0.15) is 13.2 Å². The Bertz CT molecular complexity index is 1390. The number of hydrogen-bond acceptors (Lipinski definition) is 4. The molecule has 0 saturated heterocycles. The first-order valence-corrected chi connectivity index (χ1v) is 12.3. The summed E-state index contributed by atoms with van der Waals surface area (Å²) in [7, 11) is 0. The van der Waals surface area contributed by atoms with Gasteiger partial charge in [0.25, 0.3) is 5.91 Å². The maximum absolute atomic E-state index is 13.8. The number of benzene rings is 2. The summed E-state index contributed by atoms with van der Waals surface area (Å²) in [6, 6.07) is 12.0. The van der Waals surface area contributed by atoms with Crippen molar-refractivity contribution in [2.24, 2.45) is 0 Å². The van der Waals surface area contributed by atoms with E-state index in [2.05, 4.69) is 0 Å². The summed E-state index contributed by atoms with van der Waals surface area (Å²) in [5.74, 6) is -0.167. The molecule has 2 atom stereocenters. The van der Waals surface area contributed by atoms with Crippen LogP contribution in [-0.4, -0.2) is 34.4 Å². The van der Waals surface area contributed by atoms with Gasteiger partial charge in [-0.3, -0.25) is 19.3 Å². The molecule has 5 rings (SSSR count). The predicted molar refractivity (Wildman–Crippen MR) is 130 cm³/mol. The van der Waals surface area contributed by atoms with Crippen molar-refractivity contribution in [1.82, 2.24) is 9.58 Å². The van der Waals surface area contributed by atoms with E-state index in [0.717, 1.165) is 33.4 Å². The van der Waals surface area contributed by atoms with E-state index in [0.29, 0.717) is 10.8 Å². The molecule has 0 N–H and O–H groups in total. The summed E-state index contributed by atoms with van der Waals surface area (Å²) in [6.07, 6.45) is -3.16. The van der Waals surface area contributed by atoms with Gasteiger partial charge in [0.05, 0.1) is 6.04 Å². The van der Waals surface area contributed by atoms with Gasteiger partial charge < -0.3 is 4.90 Å². The van der Waals surface area contributed by atoms with Gasteiger partial charge in [-0.25, -0.2) is 0 Å². The highest BCUT2D eigenvalue weighted by Crippen LogP contribution is 2.44. The fourth-order valence-electron chi connectivity index (χ4n) is 4.64. The first kappa shape index (κ1) is 23.8. The molecule has 0 fully saturated rings. The smallest absolute Gasteiger partial charge is 0.306 e. The van der Waals surface area contributed by atoms with Crippen LogP contribution in [0.25, 0.3) is 0 Å². The molecule has 2 aliphatic rings. The van der Waals surface area contributed by atoms with Gasteiger partial charge in [-0.1, -0.05) is 41.9 Å². The Labute approximate surface area is 209 Å². The summed E-state index contributed by atoms with van der Waals surface area (Å²) in [5, 5.41) is 2.28. The summed E-state index contributed by atoms with van der Waals surface area (Å²) < 4.78 is 43.0. The number of nitrogens with zero attached hydrogens (tertiary/aromatic N) is 3. The first-order valence-electron chi connectivity index (χ1n) is 10.9. The average Bonchev–Trinajstić information content (AvgIpc) is 2.97. The highest BCUT2D eigenvalue weighted by Gasteiger charge is 2.47. The molecule has 35 heavy (non-hydrogen) atoms. The lowest BCUT2D eigenvalue weighted by atomic mass is 9.94. The van der Waals surface area contributed by atoms with Crippen LogP contribution in [0.4, 0.5) is 13.2 Å². The zero-order valence-corrected chi connectivity index (χ0v) is 20.4. The Morgan fingerprint density at radius 2 is 1.83 bits per heavy atom. The largest absolute Gasteiger partial charge is 0.408 e. The van der Waals surface area contributed by atoms with Crippen molar-refractivity contribution in [1.29, 1.82) is 0 Å². The zero-order valence-electron chi connectivity index (χ0n) is 18.8. The fraction of sp³-hybridized carbons (Fsp3) is 0.280. The molecule has 1 aromatic heterocycles. The van der Waals surface area contributed by atoms with Gasteiger partial charge in [0.2, 0.25) is 0 Å². The summed E-state index contributed by atoms with van der Waals surface area (Å²) in [5.41, 5.74) is 2.44. The quantitative estimate of drug-likeness (QED) is 0.448. The third kappa shape index (κ3) is 4.00. The Balaban J connectivity index is 1.78. The van der Waals surface area contributed by atoms with Gasteiger partial charge in [0.15, 0.2) is 5.43 Å². The van der Waals surface area contributed by atoms with Gasteiger partial charge >= 0.3 is 6.18 Å². The van der Waals surface area contributed by atoms with E-state index < -0.39 is 29.6 Å². The van der Waals surface area contributed by atoms with E-state index in [1.165, 1.54) is 23.9 Å². The topological polar surface area (TPSA) is 45.6 Å². The Kier molecular flexibility index (Phi) is 5.88. The molecular formula is C25H21ClF3N3O2S. The highest BCUT2D eigenvalue weighted by molar-refractivity contribution is 7.98. The molecule has 1 amide bonds. The van der Waals surface area contributed by atoms with E-state index in [4.69, 9.17) is 11.6 Å². The highest BCUT2D eigenvalue weighted by atomic mass is 35.5. The maximum Gasteiger partial charge on any atom is 0.408 e. The van der Waals surface area contributed by atoms with Crippen molar-refractivity contribution in [3.05, 3.63) is 97.9 Å². The average molecular weight is 520 g/mol. The number of amides is 1. The summed E-state index contributed by atoms with van der Waals surface area (Å²) in [4.78, 5) is 27.5. The van der Waals surface area contributed by atoms with Crippen molar-refractivity contribution in [2.45, 2.75) is 42.8 Å². The lowest BCUT2D eigenvalue weighted by Crippen LogP contribution is -2.60. The van der Waals surface area contributed by atoms with Crippen molar-refractivity contribution in [3.8, 4) is 0 Å². The number of pyridine rings is 1. The van der Waals surface area contributed by atoms with Crippen LogP contribution in [0.15, 0.2) is 64.4 Å². The van der Waals surface area contributed by atoms with Gasteiger partial charge in [-0.05, 0) is 42.7 Å². The van der Waals surface area contributed by atoms with Crippen molar-refractivity contribution >= 4 is 29.3 Å². The number of alkyl halides is 3. The maximum atomic E-state index is 13.8. The van der Waals surface area contributed by atoms with Crippen molar-refractivity contribution in [2.75, 3.05) is 11.7 Å². The van der Waals surface area contributed by atoms with Crippen LogP contribution in [0.2, 0.25) is 5.02 Å². The molecule has 182 valence electrons. The second kappa shape index (κ2) is 8.64. The monoisotopic (exact) mass is 519 g/mol. The molecular weight excluding hydrogens is 499 g/mol. The Hall–Kier alpha value is -2.91. The number of carbonyl (C=O) groups is 1. The molecule has 5 nitrogen and oxygen atoms in total. The van der Waals surface area contributed by atoms with Crippen LogP contribution in [0, 0.1) is 6.92 Å². The van der Waals surface area contributed by atoms with Crippen molar-refractivity contribution in [3.63, 3.8) is 0 Å². The van der Waals surface area contributed by atoms with E-state index in [1.807, 2.05) is 36.4 Å². The zero-order chi connectivity index (χ0) is 25.1. The molecule has 0 radical (unpaired) electrons. The molecule has 0 unspecified atom stereocenters. The Morgan fingerprint density at radius 3 is 2.57 bits per heavy atom. The van der Waals surface area contributed by atoms with Crippen LogP contribution >= 0.6 is 23.4 Å².